The highest BCUT2D eigenvalue weighted by Gasteiger charge is 2.16. The van der Waals surface area contributed by atoms with Crippen LogP contribution in [0, 0.1) is 0 Å². The number of carbonyl (C=O) groups excluding carboxylic acids is 1. The Morgan fingerprint density at radius 3 is 2.68 bits per heavy atom. The molecule has 0 radical (unpaired) electrons. The molecule has 0 saturated carbocycles. The van der Waals surface area contributed by atoms with Crippen molar-refractivity contribution in [2.24, 2.45) is 0 Å². The molecule has 2 aromatic rings. The standard InChI is InChI=1S/C15H14ClF2NO2S/c16-11-5-3-10(4-6-11)2-1-8-19-14(20)13-12(7-9-22-13)21-15(17)18/h3-7,9,15H,1-2,8H2,(H,19,20). The van der Waals surface area contributed by atoms with Crippen LogP contribution in [-0.2, 0) is 6.42 Å². The molecule has 0 fully saturated rings. The lowest BCUT2D eigenvalue weighted by Gasteiger charge is -2.07. The summed E-state index contributed by atoms with van der Waals surface area (Å²) in [7, 11) is 0. The van der Waals surface area contributed by atoms with Crippen LogP contribution in [0.2, 0.25) is 5.02 Å². The molecule has 22 heavy (non-hydrogen) atoms. The first-order chi connectivity index (χ1) is 10.6. The summed E-state index contributed by atoms with van der Waals surface area (Å²) in [5.74, 6) is -0.489. The van der Waals surface area contributed by atoms with Gasteiger partial charge in [0.05, 0.1) is 0 Å². The maximum absolute atomic E-state index is 12.2. The molecule has 1 N–H and O–H groups in total. The molecule has 3 nitrogen and oxygen atoms in total. The van der Waals surface area contributed by atoms with Gasteiger partial charge in [0.25, 0.3) is 5.91 Å². The summed E-state index contributed by atoms with van der Waals surface area (Å²) < 4.78 is 28.7. The Kier molecular flexibility index (Phi) is 6.15. The maximum atomic E-state index is 12.2. The fourth-order valence-corrected chi connectivity index (χ4v) is 2.74. The highest BCUT2D eigenvalue weighted by atomic mass is 35.5. The van der Waals surface area contributed by atoms with Gasteiger partial charge >= 0.3 is 6.61 Å². The van der Waals surface area contributed by atoms with Gasteiger partial charge in [-0.1, -0.05) is 23.7 Å². The summed E-state index contributed by atoms with van der Waals surface area (Å²) >= 11 is 6.87. The smallest absolute Gasteiger partial charge is 0.387 e. The normalized spacial score (nSPS) is 10.7. The van der Waals surface area contributed by atoms with Crippen molar-refractivity contribution in [3.63, 3.8) is 0 Å². The van der Waals surface area contributed by atoms with Crippen LogP contribution in [0.25, 0.3) is 0 Å². The summed E-state index contributed by atoms with van der Waals surface area (Å²) in [6.07, 6.45) is 1.53. The molecule has 1 amide bonds. The minimum Gasteiger partial charge on any atom is -0.433 e. The summed E-state index contributed by atoms with van der Waals surface area (Å²) in [6, 6.07) is 8.85. The highest BCUT2D eigenvalue weighted by Crippen LogP contribution is 2.26. The number of alkyl halides is 2. The number of amides is 1. The monoisotopic (exact) mass is 345 g/mol. The highest BCUT2D eigenvalue weighted by molar-refractivity contribution is 7.12. The molecule has 0 atom stereocenters. The second-order valence-corrected chi connectivity index (χ2v) is 5.83. The van der Waals surface area contributed by atoms with E-state index in [1.165, 1.54) is 6.07 Å². The van der Waals surface area contributed by atoms with Gasteiger partial charge in [-0.2, -0.15) is 8.78 Å². The van der Waals surface area contributed by atoms with Crippen molar-refractivity contribution in [2.75, 3.05) is 6.54 Å². The van der Waals surface area contributed by atoms with E-state index in [1.807, 2.05) is 24.3 Å². The first kappa shape index (κ1) is 16.7. The van der Waals surface area contributed by atoms with Crippen LogP contribution in [0.3, 0.4) is 0 Å². The van der Waals surface area contributed by atoms with Crippen molar-refractivity contribution in [1.82, 2.24) is 5.32 Å². The van der Waals surface area contributed by atoms with Crippen LogP contribution in [0.5, 0.6) is 5.75 Å². The van der Waals surface area contributed by atoms with E-state index in [0.717, 1.165) is 29.7 Å². The SMILES string of the molecule is O=C(NCCCc1ccc(Cl)cc1)c1sccc1OC(F)F. The van der Waals surface area contributed by atoms with E-state index in [1.54, 1.807) is 5.38 Å². The summed E-state index contributed by atoms with van der Waals surface area (Å²) in [4.78, 5) is 12.1. The molecular formula is C15H14ClF2NO2S. The van der Waals surface area contributed by atoms with Gasteiger partial charge in [-0.3, -0.25) is 4.79 Å². The van der Waals surface area contributed by atoms with E-state index < -0.39 is 12.5 Å². The average Bonchev–Trinajstić information content (AvgIpc) is 2.92. The molecule has 2 rings (SSSR count). The van der Waals surface area contributed by atoms with Crippen molar-refractivity contribution in [3.8, 4) is 5.75 Å². The third-order valence-electron chi connectivity index (χ3n) is 2.89. The van der Waals surface area contributed by atoms with E-state index in [2.05, 4.69) is 10.1 Å². The molecular weight excluding hydrogens is 332 g/mol. The van der Waals surface area contributed by atoms with Crippen LogP contribution in [0.15, 0.2) is 35.7 Å². The lowest BCUT2D eigenvalue weighted by atomic mass is 10.1. The van der Waals surface area contributed by atoms with Crippen LogP contribution < -0.4 is 10.1 Å². The number of hydrogen-bond acceptors (Lipinski definition) is 3. The number of ether oxygens (including phenoxy) is 1. The van der Waals surface area contributed by atoms with Gasteiger partial charge in [0.15, 0.2) is 0 Å². The third-order valence-corrected chi connectivity index (χ3v) is 4.04. The minimum atomic E-state index is -2.94. The first-order valence-electron chi connectivity index (χ1n) is 6.61. The van der Waals surface area contributed by atoms with Gasteiger partial charge in [0.2, 0.25) is 0 Å². The Labute approximate surface area is 135 Å². The van der Waals surface area contributed by atoms with Crippen LogP contribution in [0.4, 0.5) is 8.78 Å². The number of benzene rings is 1. The van der Waals surface area contributed by atoms with Crippen molar-refractivity contribution in [2.45, 2.75) is 19.5 Å². The zero-order valence-electron chi connectivity index (χ0n) is 11.5. The van der Waals surface area contributed by atoms with Gasteiger partial charge in [-0.25, -0.2) is 0 Å². The van der Waals surface area contributed by atoms with Crippen LogP contribution in [-0.4, -0.2) is 19.1 Å². The maximum Gasteiger partial charge on any atom is 0.387 e. The Hall–Kier alpha value is -1.66. The van der Waals surface area contributed by atoms with Crippen molar-refractivity contribution in [3.05, 3.63) is 51.2 Å². The second kappa shape index (κ2) is 8.10. The molecule has 1 heterocycles. The molecule has 0 bridgehead atoms. The van der Waals surface area contributed by atoms with E-state index in [4.69, 9.17) is 11.6 Å². The third kappa shape index (κ3) is 4.96. The van der Waals surface area contributed by atoms with Crippen molar-refractivity contribution < 1.29 is 18.3 Å². The Bertz CT molecular complexity index is 616. The predicted molar refractivity (Wildman–Crippen MR) is 83.1 cm³/mol. The number of hydrogen-bond donors (Lipinski definition) is 1. The molecule has 0 saturated heterocycles. The van der Waals surface area contributed by atoms with Gasteiger partial charge in [-0.15, -0.1) is 11.3 Å². The summed E-state index contributed by atoms with van der Waals surface area (Å²) in [5, 5.41) is 4.92. The molecule has 0 aliphatic rings. The Morgan fingerprint density at radius 2 is 2.00 bits per heavy atom. The quantitative estimate of drug-likeness (QED) is 0.757. The van der Waals surface area contributed by atoms with E-state index in [9.17, 15) is 13.6 Å². The van der Waals surface area contributed by atoms with E-state index >= 15 is 0 Å². The molecule has 0 unspecified atom stereocenters. The largest absolute Gasteiger partial charge is 0.433 e. The number of carbonyl (C=O) groups is 1. The molecule has 0 spiro atoms. The average molecular weight is 346 g/mol. The lowest BCUT2D eigenvalue weighted by molar-refractivity contribution is -0.0498. The van der Waals surface area contributed by atoms with Crippen LogP contribution >= 0.6 is 22.9 Å². The zero-order valence-corrected chi connectivity index (χ0v) is 13.1. The van der Waals surface area contributed by atoms with E-state index in [0.29, 0.717) is 11.6 Å². The molecule has 0 aliphatic heterocycles. The zero-order chi connectivity index (χ0) is 15.9. The topological polar surface area (TPSA) is 38.3 Å². The summed E-state index contributed by atoms with van der Waals surface area (Å²) in [6.45, 7) is -2.49. The van der Waals surface area contributed by atoms with E-state index in [-0.39, 0.29) is 10.6 Å². The van der Waals surface area contributed by atoms with Gasteiger partial charge in [0, 0.05) is 11.6 Å². The number of halogens is 3. The summed E-state index contributed by atoms with van der Waals surface area (Å²) in [5.41, 5.74) is 1.12. The molecule has 1 aromatic heterocycles. The second-order valence-electron chi connectivity index (χ2n) is 4.48. The molecule has 118 valence electrons. The fraction of sp³-hybridized carbons (Fsp3) is 0.267. The first-order valence-corrected chi connectivity index (χ1v) is 7.87. The lowest BCUT2D eigenvalue weighted by Crippen LogP contribution is -2.24. The van der Waals surface area contributed by atoms with Crippen molar-refractivity contribution in [1.29, 1.82) is 0 Å². The molecule has 7 heteroatoms. The number of rotatable bonds is 7. The number of aryl methyl sites for hydroxylation is 1. The predicted octanol–water partition coefficient (Wildman–Crippen LogP) is 4.37. The van der Waals surface area contributed by atoms with Crippen molar-refractivity contribution >= 4 is 28.8 Å². The molecule has 0 aliphatic carbocycles. The Balaban J connectivity index is 1.78. The van der Waals surface area contributed by atoms with Gasteiger partial charge in [-0.05, 0) is 42.0 Å². The number of nitrogens with one attached hydrogen (secondary N) is 1. The minimum absolute atomic E-state index is 0.0878. The molecule has 1 aromatic carbocycles. The number of thiophene rings is 1. The van der Waals surface area contributed by atoms with Gasteiger partial charge < -0.3 is 10.1 Å². The van der Waals surface area contributed by atoms with Crippen LogP contribution in [0.1, 0.15) is 21.7 Å². The van der Waals surface area contributed by atoms with Gasteiger partial charge in [0.1, 0.15) is 10.6 Å². The fourth-order valence-electron chi connectivity index (χ4n) is 1.88. The Morgan fingerprint density at radius 1 is 1.27 bits per heavy atom.